The normalized spacial score (nSPS) is 13.3. The molecule has 2 heterocycles. The zero-order valence-corrected chi connectivity index (χ0v) is 16.2. The van der Waals surface area contributed by atoms with Gasteiger partial charge in [-0.3, -0.25) is 4.79 Å². The molecule has 1 amide bonds. The Morgan fingerprint density at radius 3 is 2.65 bits per heavy atom. The number of anilines is 2. The zero-order chi connectivity index (χ0) is 18.7. The van der Waals surface area contributed by atoms with Crippen molar-refractivity contribution in [3.63, 3.8) is 0 Å². The van der Waals surface area contributed by atoms with Crippen molar-refractivity contribution in [2.75, 3.05) is 37.4 Å². The van der Waals surface area contributed by atoms with Crippen molar-refractivity contribution in [3.8, 4) is 0 Å². The van der Waals surface area contributed by atoms with Gasteiger partial charge >= 0.3 is 0 Å². The molecule has 1 N–H and O–H groups in total. The second-order valence-corrected chi connectivity index (χ2v) is 7.12. The van der Waals surface area contributed by atoms with E-state index >= 15 is 0 Å². The lowest BCUT2D eigenvalue weighted by Gasteiger charge is -2.29. The minimum Gasteiger partial charge on any atom is -0.369 e. The first-order chi connectivity index (χ1) is 12.4. The van der Waals surface area contributed by atoms with Crippen molar-refractivity contribution in [3.05, 3.63) is 46.1 Å². The largest absolute Gasteiger partial charge is 0.369 e. The molecule has 7 heteroatoms. The number of fused-ring (bicyclic) bond motifs is 1. The summed E-state index contributed by atoms with van der Waals surface area (Å²) in [5.41, 5.74) is 3.27. The summed E-state index contributed by atoms with van der Waals surface area (Å²) >= 11 is 5.94. The van der Waals surface area contributed by atoms with Crippen LogP contribution in [0.25, 0.3) is 0 Å². The van der Waals surface area contributed by atoms with Crippen LogP contribution in [0.1, 0.15) is 23.7 Å². The van der Waals surface area contributed by atoms with Crippen LogP contribution in [0, 0.1) is 0 Å². The smallest absolute Gasteiger partial charge is 0.227 e. The van der Waals surface area contributed by atoms with Gasteiger partial charge in [0, 0.05) is 44.7 Å². The van der Waals surface area contributed by atoms with Gasteiger partial charge < -0.3 is 15.1 Å². The minimum atomic E-state index is 0.0814. The zero-order valence-electron chi connectivity index (χ0n) is 15.4. The monoisotopic (exact) mass is 373 g/mol. The number of carbonyl (C=O) groups excluding carboxylic acids is 1. The van der Waals surface area contributed by atoms with E-state index in [0.29, 0.717) is 19.0 Å². The molecule has 1 aromatic heterocycles. The van der Waals surface area contributed by atoms with Gasteiger partial charge in [-0.25, -0.2) is 4.98 Å². The Labute approximate surface area is 159 Å². The predicted octanol–water partition coefficient (Wildman–Crippen LogP) is 2.76. The van der Waals surface area contributed by atoms with Gasteiger partial charge in [0.05, 0.1) is 12.2 Å². The Morgan fingerprint density at radius 1 is 1.27 bits per heavy atom. The van der Waals surface area contributed by atoms with Crippen molar-refractivity contribution in [2.24, 2.45) is 0 Å². The number of nitrogens with one attached hydrogen (secondary N) is 1. The molecule has 0 aliphatic carbocycles. The van der Waals surface area contributed by atoms with Gasteiger partial charge in [0.25, 0.3) is 0 Å². The van der Waals surface area contributed by atoms with Crippen LogP contribution in [-0.4, -0.2) is 48.0 Å². The Morgan fingerprint density at radius 2 is 2.00 bits per heavy atom. The van der Waals surface area contributed by atoms with Gasteiger partial charge in [0.2, 0.25) is 11.9 Å². The summed E-state index contributed by atoms with van der Waals surface area (Å²) in [7, 11) is 3.84. The molecule has 0 saturated heterocycles. The van der Waals surface area contributed by atoms with E-state index in [0.717, 1.165) is 41.5 Å². The first-order valence-electron chi connectivity index (χ1n) is 8.75. The van der Waals surface area contributed by atoms with Crippen LogP contribution in [0.2, 0.25) is 5.02 Å². The van der Waals surface area contributed by atoms with Crippen molar-refractivity contribution < 1.29 is 4.79 Å². The van der Waals surface area contributed by atoms with Gasteiger partial charge in [-0.05, 0) is 30.5 Å². The number of rotatable bonds is 5. The van der Waals surface area contributed by atoms with Gasteiger partial charge in [-0.15, -0.1) is 0 Å². The minimum absolute atomic E-state index is 0.0814. The predicted molar refractivity (Wildman–Crippen MR) is 105 cm³/mol. The van der Waals surface area contributed by atoms with Gasteiger partial charge in [0.15, 0.2) is 0 Å². The van der Waals surface area contributed by atoms with E-state index in [1.165, 1.54) is 5.56 Å². The highest BCUT2D eigenvalue weighted by Gasteiger charge is 2.24. The fourth-order valence-electron chi connectivity index (χ4n) is 3.01. The molecule has 1 aliphatic rings. The van der Waals surface area contributed by atoms with Crippen LogP contribution in [0.15, 0.2) is 24.3 Å². The maximum Gasteiger partial charge on any atom is 0.227 e. The fourth-order valence-corrected chi connectivity index (χ4v) is 3.13. The summed E-state index contributed by atoms with van der Waals surface area (Å²) in [5.74, 6) is 1.61. The molecule has 6 nitrogen and oxygen atoms in total. The first-order valence-corrected chi connectivity index (χ1v) is 9.13. The molecule has 3 rings (SSSR count). The lowest BCUT2D eigenvalue weighted by Crippen LogP contribution is -2.36. The number of amides is 1. The second-order valence-electron chi connectivity index (χ2n) is 6.69. The molecule has 0 atom stereocenters. The number of aromatic nitrogens is 2. The summed E-state index contributed by atoms with van der Waals surface area (Å²) in [5, 5.41) is 4.21. The number of carbonyl (C=O) groups is 1. The summed E-state index contributed by atoms with van der Waals surface area (Å²) < 4.78 is 0. The molecule has 0 saturated carbocycles. The molecule has 0 spiro atoms. The molecule has 0 bridgehead atoms. The lowest BCUT2D eigenvalue weighted by atomic mass is 10.1. The van der Waals surface area contributed by atoms with E-state index in [2.05, 4.69) is 15.3 Å². The number of benzene rings is 1. The SMILES string of the molecule is CC(=O)N1CCc2c(nc(N(C)C)nc2NCCc2ccc(Cl)cc2)C1. The Hall–Kier alpha value is -2.34. The third kappa shape index (κ3) is 4.25. The molecule has 1 aromatic carbocycles. The average Bonchev–Trinajstić information content (AvgIpc) is 2.62. The van der Waals surface area contributed by atoms with Crippen LogP contribution in [0.3, 0.4) is 0 Å². The van der Waals surface area contributed by atoms with Crippen molar-refractivity contribution in [2.45, 2.75) is 26.3 Å². The van der Waals surface area contributed by atoms with E-state index in [-0.39, 0.29) is 5.91 Å². The summed E-state index contributed by atoms with van der Waals surface area (Å²) in [6.07, 6.45) is 1.65. The van der Waals surface area contributed by atoms with E-state index in [4.69, 9.17) is 11.6 Å². The maximum absolute atomic E-state index is 11.7. The van der Waals surface area contributed by atoms with Crippen molar-refractivity contribution >= 4 is 29.3 Å². The lowest BCUT2D eigenvalue weighted by molar-refractivity contribution is -0.129. The number of nitrogens with zero attached hydrogens (tertiary/aromatic N) is 4. The number of halogens is 1. The van der Waals surface area contributed by atoms with E-state index in [1.54, 1.807) is 6.92 Å². The third-order valence-corrected chi connectivity index (χ3v) is 4.77. The van der Waals surface area contributed by atoms with Crippen molar-refractivity contribution in [1.82, 2.24) is 14.9 Å². The van der Waals surface area contributed by atoms with Gasteiger partial charge in [-0.1, -0.05) is 23.7 Å². The standard InChI is InChI=1S/C19H24ClN5O/c1-13(26)25-11-9-16-17(12-25)22-19(24(2)3)23-18(16)21-10-8-14-4-6-15(20)7-5-14/h4-7H,8-12H2,1-3H3,(H,21,22,23). The number of hydrogen-bond donors (Lipinski definition) is 1. The summed E-state index contributed by atoms with van der Waals surface area (Å²) in [4.78, 5) is 24.8. The molecular weight excluding hydrogens is 350 g/mol. The van der Waals surface area contributed by atoms with Crippen LogP contribution in [-0.2, 0) is 24.2 Å². The van der Waals surface area contributed by atoms with Crippen LogP contribution >= 0.6 is 11.6 Å². The van der Waals surface area contributed by atoms with E-state index in [1.807, 2.05) is 48.2 Å². The Bertz CT molecular complexity index is 791. The molecule has 0 fully saturated rings. The van der Waals surface area contributed by atoms with Gasteiger partial charge in [0.1, 0.15) is 5.82 Å². The van der Waals surface area contributed by atoms with Crippen LogP contribution in [0.5, 0.6) is 0 Å². The molecule has 26 heavy (non-hydrogen) atoms. The van der Waals surface area contributed by atoms with Crippen LogP contribution < -0.4 is 10.2 Å². The Kier molecular flexibility index (Phi) is 5.61. The molecular formula is C19H24ClN5O. The quantitative estimate of drug-likeness (QED) is 0.873. The molecule has 0 unspecified atom stereocenters. The topological polar surface area (TPSA) is 61.4 Å². The highest BCUT2D eigenvalue weighted by Crippen LogP contribution is 2.26. The number of hydrogen-bond acceptors (Lipinski definition) is 5. The molecule has 1 aliphatic heterocycles. The maximum atomic E-state index is 11.7. The second kappa shape index (κ2) is 7.91. The summed E-state index contributed by atoms with van der Waals surface area (Å²) in [6, 6.07) is 7.89. The average molecular weight is 374 g/mol. The third-order valence-electron chi connectivity index (χ3n) is 4.52. The van der Waals surface area contributed by atoms with E-state index < -0.39 is 0 Å². The molecule has 2 aromatic rings. The van der Waals surface area contributed by atoms with E-state index in [9.17, 15) is 4.79 Å². The Balaban J connectivity index is 1.77. The summed E-state index contributed by atoms with van der Waals surface area (Å²) in [6.45, 7) is 3.62. The highest BCUT2D eigenvalue weighted by atomic mass is 35.5. The molecule has 0 radical (unpaired) electrons. The molecule has 138 valence electrons. The van der Waals surface area contributed by atoms with Crippen LogP contribution in [0.4, 0.5) is 11.8 Å². The van der Waals surface area contributed by atoms with Gasteiger partial charge in [-0.2, -0.15) is 4.98 Å². The highest BCUT2D eigenvalue weighted by molar-refractivity contribution is 6.30. The first kappa shape index (κ1) is 18.5. The van der Waals surface area contributed by atoms with Crippen molar-refractivity contribution in [1.29, 1.82) is 0 Å². The fraction of sp³-hybridized carbons (Fsp3) is 0.421.